The third-order valence-corrected chi connectivity index (χ3v) is 5.44. The molecule has 3 N–H and O–H groups in total. The summed E-state index contributed by atoms with van der Waals surface area (Å²) in [6.45, 7) is -0.261. The molecule has 2 aromatic carbocycles. The van der Waals surface area contributed by atoms with E-state index >= 15 is 0 Å². The van der Waals surface area contributed by atoms with Gasteiger partial charge in [0, 0.05) is 16.8 Å². The average Bonchev–Trinajstić information content (AvgIpc) is 3.52. The van der Waals surface area contributed by atoms with E-state index < -0.39 is 29.1 Å². The van der Waals surface area contributed by atoms with E-state index in [1.54, 1.807) is 54.6 Å². The summed E-state index contributed by atoms with van der Waals surface area (Å²) in [7, 11) is 0. The van der Waals surface area contributed by atoms with Gasteiger partial charge in [-0.25, -0.2) is 0 Å². The van der Waals surface area contributed by atoms with E-state index in [0.29, 0.717) is 22.6 Å². The second-order valence-corrected chi connectivity index (χ2v) is 7.36. The zero-order valence-corrected chi connectivity index (χ0v) is 16.6. The number of carbonyl (C=O) groups is 3. The number of hydrogen-bond donors (Lipinski definition) is 2. The highest BCUT2D eigenvalue weighted by Crippen LogP contribution is 2.49. The monoisotopic (exact) mass is 431 g/mol. The summed E-state index contributed by atoms with van der Waals surface area (Å²) in [4.78, 5) is 43.4. The quantitative estimate of drug-likeness (QED) is 0.575. The molecule has 0 saturated heterocycles. The molecule has 3 aromatic rings. The molecular weight excluding hydrogens is 414 g/mol. The van der Waals surface area contributed by atoms with E-state index in [0.717, 1.165) is 0 Å². The molecule has 32 heavy (non-hydrogen) atoms. The number of rotatable bonds is 6. The fraction of sp³-hybridized carbons (Fsp3) is 0.130. The topological polar surface area (TPSA) is 133 Å². The summed E-state index contributed by atoms with van der Waals surface area (Å²) in [5.41, 5.74) is 5.36. The van der Waals surface area contributed by atoms with Crippen molar-refractivity contribution in [2.75, 3.05) is 11.9 Å². The Balaban J connectivity index is 1.57. The van der Waals surface area contributed by atoms with Crippen LogP contribution < -0.4 is 15.8 Å². The molecule has 160 valence electrons. The molecule has 0 unspecified atom stereocenters. The van der Waals surface area contributed by atoms with Gasteiger partial charge < -0.3 is 25.0 Å². The molecule has 0 aliphatic carbocycles. The number of anilines is 1. The number of para-hydroxylation sites is 1. The minimum absolute atomic E-state index is 0.0890. The Morgan fingerprint density at radius 1 is 1.09 bits per heavy atom. The van der Waals surface area contributed by atoms with Crippen LogP contribution >= 0.6 is 0 Å². The predicted octanol–water partition coefficient (Wildman–Crippen LogP) is 2.22. The number of carbonyl (C=O) groups excluding carboxylic acids is 3. The standard InChI is InChI=1S/C23H17N3O6/c24-18(27)12-31-14-9-7-13(8-10-14)20-19(21(28)17-6-3-11-30-17)23(32-26-20)15-4-1-2-5-16(15)25-22(23)29/h1-11,19H,12H2,(H2,24,27)(H,25,29)/t19-,23+/m1/s1. The van der Waals surface area contributed by atoms with E-state index in [-0.39, 0.29) is 18.1 Å². The Morgan fingerprint density at radius 2 is 1.88 bits per heavy atom. The van der Waals surface area contributed by atoms with Gasteiger partial charge in [-0.05, 0) is 42.5 Å². The van der Waals surface area contributed by atoms with Crippen molar-refractivity contribution in [2.24, 2.45) is 16.8 Å². The van der Waals surface area contributed by atoms with Gasteiger partial charge in [-0.1, -0.05) is 23.4 Å². The zero-order chi connectivity index (χ0) is 22.3. The second-order valence-electron chi connectivity index (χ2n) is 7.36. The molecule has 2 aliphatic heterocycles. The molecule has 2 amide bonds. The van der Waals surface area contributed by atoms with Gasteiger partial charge in [0.05, 0.1) is 6.26 Å². The van der Waals surface area contributed by atoms with Crippen molar-refractivity contribution >= 4 is 29.0 Å². The molecule has 3 heterocycles. The number of fused-ring (bicyclic) bond motifs is 2. The summed E-state index contributed by atoms with van der Waals surface area (Å²) in [6, 6.07) is 16.7. The van der Waals surface area contributed by atoms with Crippen molar-refractivity contribution in [3.8, 4) is 5.75 Å². The van der Waals surface area contributed by atoms with Crippen molar-refractivity contribution in [2.45, 2.75) is 5.60 Å². The predicted molar refractivity (Wildman–Crippen MR) is 112 cm³/mol. The van der Waals surface area contributed by atoms with Gasteiger partial charge in [-0.2, -0.15) is 0 Å². The fourth-order valence-corrected chi connectivity index (χ4v) is 4.02. The molecule has 2 atom stereocenters. The molecule has 1 aromatic heterocycles. The molecule has 0 bridgehead atoms. The highest BCUT2D eigenvalue weighted by molar-refractivity contribution is 6.24. The Bertz CT molecular complexity index is 1250. The van der Waals surface area contributed by atoms with Gasteiger partial charge in [-0.15, -0.1) is 0 Å². The maximum absolute atomic E-state index is 13.5. The number of furan rings is 1. The first-order chi connectivity index (χ1) is 15.5. The number of amides is 2. The third kappa shape index (κ3) is 2.94. The van der Waals surface area contributed by atoms with Gasteiger partial charge >= 0.3 is 0 Å². The number of benzene rings is 2. The molecule has 9 nitrogen and oxygen atoms in total. The molecule has 0 fully saturated rings. The summed E-state index contributed by atoms with van der Waals surface area (Å²) in [6.07, 6.45) is 1.39. The van der Waals surface area contributed by atoms with Gasteiger partial charge in [0.15, 0.2) is 12.4 Å². The number of nitrogens with one attached hydrogen (secondary N) is 1. The van der Waals surface area contributed by atoms with Crippen LogP contribution in [-0.4, -0.2) is 29.9 Å². The zero-order valence-electron chi connectivity index (χ0n) is 16.6. The number of nitrogens with zero attached hydrogens (tertiary/aromatic N) is 1. The number of hydrogen-bond acceptors (Lipinski definition) is 7. The third-order valence-electron chi connectivity index (χ3n) is 5.44. The van der Waals surface area contributed by atoms with Crippen LogP contribution in [0.1, 0.15) is 21.7 Å². The van der Waals surface area contributed by atoms with Crippen LogP contribution in [0, 0.1) is 5.92 Å². The van der Waals surface area contributed by atoms with Gasteiger partial charge in [0.1, 0.15) is 17.4 Å². The van der Waals surface area contributed by atoms with E-state index in [9.17, 15) is 14.4 Å². The first kappa shape index (κ1) is 19.6. The normalized spacial score (nSPS) is 20.9. The van der Waals surface area contributed by atoms with Crippen molar-refractivity contribution in [3.05, 3.63) is 83.8 Å². The van der Waals surface area contributed by atoms with Gasteiger partial charge in [0.2, 0.25) is 5.78 Å². The Labute approximate surface area is 181 Å². The summed E-state index contributed by atoms with van der Waals surface area (Å²) >= 11 is 0. The maximum Gasteiger partial charge on any atom is 0.277 e. The van der Waals surface area contributed by atoms with Crippen LogP contribution in [0.5, 0.6) is 5.75 Å². The van der Waals surface area contributed by atoms with Crippen LogP contribution in [-0.2, 0) is 20.0 Å². The summed E-state index contributed by atoms with van der Waals surface area (Å²) in [5, 5.41) is 6.97. The fourth-order valence-electron chi connectivity index (χ4n) is 4.02. The van der Waals surface area contributed by atoms with Crippen molar-refractivity contribution < 1.29 is 28.4 Å². The molecule has 5 rings (SSSR count). The van der Waals surface area contributed by atoms with E-state index in [4.69, 9.17) is 19.7 Å². The average molecular weight is 431 g/mol. The largest absolute Gasteiger partial charge is 0.484 e. The summed E-state index contributed by atoms with van der Waals surface area (Å²) in [5.74, 6) is -2.10. The lowest BCUT2D eigenvalue weighted by Crippen LogP contribution is -2.46. The van der Waals surface area contributed by atoms with Gasteiger partial charge in [0.25, 0.3) is 17.4 Å². The minimum Gasteiger partial charge on any atom is -0.484 e. The lowest BCUT2D eigenvalue weighted by molar-refractivity contribution is -0.140. The van der Waals surface area contributed by atoms with Crippen molar-refractivity contribution in [1.29, 1.82) is 0 Å². The molecule has 0 radical (unpaired) electrons. The maximum atomic E-state index is 13.5. The number of Topliss-reactive ketones (excluding diaryl/α,β-unsaturated/α-hetero) is 1. The molecule has 9 heteroatoms. The van der Waals surface area contributed by atoms with E-state index in [1.807, 2.05) is 0 Å². The van der Waals surface area contributed by atoms with Crippen molar-refractivity contribution in [1.82, 2.24) is 0 Å². The minimum atomic E-state index is -1.66. The van der Waals surface area contributed by atoms with E-state index in [2.05, 4.69) is 10.5 Å². The molecular formula is C23H17N3O6. The highest BCUT2D eigenvalue weighted by Gasteiger charge is 2.63. The van der Waals surface area contributed by atoms with Crippen LogP contribution in [0.4, 0.5) is 5.69 Å². The molecule has 0 saturated carbocycles. The smallest absolute Gasteiger partial charge is 0.277 e. The van der Waals surface area contributed by atoms with Crippen LogP contribution in [0.2, 0.25) is 0 Å². The Morgan fingerprint density at radius 3 is 2.59 bits per heavy atom. The van der Waals surface area contributed by atoms with Crippen LogP contribution in [0.3, 0.4) is 0 Å². The highest BCUT2D eigenvalue weighted by atomic mass is 16.7. The summed E-state index contributed by atoms with van der Waals surface area (Å²) < 4.78 is 10.6. The molecule has 1 spiro atoms. The lowest BCUT2D eigenvalue weighted by Gasteiger charge is -2.26. The number of ether oxygens (including phenoxy) is 1. The van der Waals surface area contributed by atoms with Crippen LogP contribution in [0.25, 0.3) is 0 Å². The lowest BCUT2D eigenvalue weighted by atomic mass is 9.75. The van der Waals surface area contributed by atoms with Crippen LogP contribution in [0.15, 0.2) is 76.5 Å². The van der Waals surface area contributed by atoms with E-state index in [1.165, 1.54) is 12.3 Å². The van der Waals surface area contributed by atoms with Crippen molar-refractivity contribution in [3.63, 3.8) is 0 Å². The number of oxime groups is 1. The first-order valence-corrected chi connectivity index (χ1v) is 9.77. The number of nitrogens with two attached hydrogens (primary N) is 1. The van der Waals surface area contributed by atoms with Gasteiger partial charge in [-0.3, -0.25) is 14.4 Å². The molecule has 2 aliphatic rings. The second kappa shape index (κ2) is 7.38. The number of primary amides is 1. The first-order valence-electron chi connectivity index (χ1n) is 9.77. The Kier molecular flexibility index (Phi) is 4.51. The Hall–Kier alpha value is -4.40. The number of ketones is 1. The SMILES string of the molecule is NC(=O)COc1ccc(C2=NO[C@]3(C(=O)Nc4ccccc43)[C@H]2C(=O)c2ccco2)cc1.